The van der Waals surface area contributed by atoms with Crippen LogP contribution in [0.3, 0.4) is 0 Å². The summed E-state index contributed by atoms with van der Waals surface area (Å²) in [7, 11) is 0. The standard InChI is InChI=1S/C12H13F3N/c13-12(14,15)11-3-1-9(2-4-11)10-5-7-16-8-6-10/h1-3,10,16H,5-8H2. The zero-order valence-corrected chi connectivity index (χ0v) is 8.77. The van der Waals surface area contributed by atoms with Gasteiger partial charge in [-0.05, 0) is 49.5 Å². The second-order valence-corrected chi connectivity index (χ2v) is 4.06. The highest BCUT2D eigenvalue weighted by atomic mass is 19.4. The van der Waals surface area contributed by atoms with Gasteiger partial charge in [0.05, 0.1) is 5.56 Å². The maximum atomic E-state index is 12.3. The van der Waals surface area contributed by atoms with Crippen LogP contribution in [0.2, 0.25) is 0 Å². The third-order valence-corrected chi connectivity index (χ3v) is 2.95. The number of piperidine rings is 1. The molecule has 0 aliphatic carbocycles. The van der Waals surface area contributed by atoms with E-state index in [4.69, 9.17) is 0 Å². The minimum atomic E-state index is -4.29. The van der Waals surface area contributed by atoms with Crippen molar-refractivity contribution in [2.24, 2.45) is 0 Å². The Kier molecular flexibility index (Phi) is 3.19. The van der Waals surface area contributed by atoms with Crippen molar-refractivity contribution in [2.75, 3.05) is 13.1 Å². The molecule has 4 heteroatoms. The molecule has 1 aliphatic heterocycles. The molecule has 0 spiro atoms. The molecule has 1 aliphatic rings. The summed E-state index contributed by atoms with van der Waals surface area (Å²) in [4.78, 5) is 0. The summed E-state index contributed by atoms with van der Waals surface area (Å²) in [6.45, 7) is 1.87. The lowest BCUT2D eigenvalue weighted by Gasteiger charge is -2.23. The Morgan fingerprint density at radius 2 is 1.88 bits per heavy atom. The summed E-state index contributed by atoms with van der Waals surface area (Å²) < 4.78 is 37.0. The molecule has 0 amide bonds. The largest absolute Gasteiger partial charge is 0.417 e. The molecule has 0 atom stereocenters. The Balaban J connectivity index is 2.12. The maximum Gasteiger partial charge on any atom is 0.417 e. The lowest BCUT2D eigenvalue weighted by molar-refractivity contribution is -0.137. The summed E-state index contributed by atoms with van der Waals surface area (Å²) in [6, 6.07) is 6.51. The highest BCUT2D eigenvalue weighted by molar-refractivity contribution is 5.26. The van der Waals surface area contributed by atoms with Gasteiger partial charge in [-0.1, -0.05) is 12.1 Å². The van der Waals surface area contributed by atoms with Crippen LogP contribution < -0.4 is 5.32 Å². The van der Waals surface area contributed by atoms with E-state index in [2.05, 4.69) is 11.4 Å². The highest BCUT2D eigenvalue weighted by Gasteiger charge is 2.30. The van der Waals surface area contributed by atoms with Crippen molar-refractivity contribution in [3.8, 4) is 0 Å². The molecular weight excluding hydrogens is 215 g/mol. The van der Waals surface area contributed by atoms with E-state index >= 15 is 0 Å². The molecule has 1 nitrogen and oxygen atoms in total. The maximum absolute atomic E-state index is 12.3. The molecule has 0 bridgehead atoms. The lowest BCUT2D eigenvalue weighted by atomic mass is 9.90. The van der Waals surface area contributed by atoms with Crippen LogP contribution in [0.1, 0.15) is 29.9 Å². The van der Waals surface area contributed by atoms with E-state index in [9.17, 15) is 13.2 Å². The molecular formula is C12H13F3N. The fourth-order valence-electron chi connectivity index (χ4n) is 2.02. The first-order valence-electron chi connectivity index (χ1n) is 5.37. The molecule has 0 aromatic heterocycles. The van der Waals surface area contributed by atoms with E-state index in [1.54, 1.807) is 6.07 Å². The normalized spacial score (nSPS) is 18.7. The van der Waals surface area contributed by atoms with Crippen molar-refractivity contribution in [3.63, 3.8) is 0 Å². The topological polar surface area (TPSA) is 12.0 Å². The van der Waals surface area contributed by atoms with Crippen LogP contribution in [0.5, 0.6) is 0 Å². The molecule has 1 saturated heterocycles. The van der Waals surface area contributed by atoms with E-state index < -0.39 is 11.7 Å². The number of hydrogen-bond acceptors (Lipinski definition) is 1. The van der Waals surface area contributed by atoms with Gasteiger partial charge >= 0.3 is 6.18 Å². The Morgan fingerprint density at radius 3 is 2.38 bits per heavy atom. The van der Waals surface area contributed by atoms with E-state index in [1.807, 2.05) is 0 Å². The van der Waals surface area contributed by atoms with Gasteiger partial charge in [0.2, 0.25) is 0 Å². The van der Waals surface area contributed by atoms with E-state index in [-0.39, 0.29) is 0 Å². The molecule has 1 N–H and O–H groups in total. The van der Waals surface area contributed by atoms with Gasteiger partial charge in [0.15, 0.2) is 0 Å². The van der Waals surface area contributed by atoms with Gasteiger partial charge < -0.3 is 5.32 Å². The zero-order valence-electron chi connectivity index (χ0n) is 8.77. The van der Waals surface area contributed by atoms with Gasteiger partial charge in [-0.25, -0.2) is 0 Å². The zero-order chi connectivity index (χ0) is 11.6. The minimum absolute atomic E-state index is 0.375. The van der Waals surface area contributed by atoms with Crippen molar-refractivity contribution >= 4 is 0 Å². The lowest BCUT2D eigenvalue weighted by Crippen LogP contribution is -2.26. The first-order valence-corrected chi connectivity index (χ1v) is 5.37. The third kappa shape index (κ3) is 2.55. The van der Waals surface area contributed by atoms with Gasteiger partial charge in [0.25, 0.3) is 0 Å². The molecule has 1 fully saturated rings. The summed E-state index contributed by atoms with van der Waals surface area (Å²) in [5.41, 5.74) is 0.277. The number of nitrogens with one attached hydrogen (secondary N) is 1. The third-order valence-electron chi connectivity index (χ3n) is 2.95. The monoisotopic (exact) mass is 228 g/mol. The van der Waals surface area contributed by atoms with Crippen LogP contribution in [0.15, 0.2) is 18.2 Å². The summed E-state index contributed by atoms with van der Waals surface area (Å²) >= 11 is 0. The smallest absolute Gasteiger partial charge is 0.317 e. The minimum Gasteiger partial charge on any atom is -0.317 e. The molecule has 1 aromatic rings. The fourth-order valence-corrected chi connectivity index (χ4v) is 2.02. The van der Waals surface area contributed by atoms with Crippen LogP contribution in [-0.4, -0.2) is 13.1 Å². The van der Waals surface area contributed by atoms with Crippen LogP contribution in [0.4, 0.5) is 13.2 Å². The SMILES string of the molecule is FC(F)(F)c1[c]cc(C2CCNCC2)cc1. The number of halogens is 3. The van der Waals surface area contributed by atoms with Gasteiger partial charge in [0.1, 0.15) is 0 Å². The van der Waals surface area contributed by atoms with Crippen LogP contribution >= 0.6 is 0 Å². The quantitative estimate of drug-likeness (QED) is 0.779. The van der Waals surface area contributed by atoms with E-state index in [0.717, 1.165) is 37.6 Å². The number of alkyl halides is 3. The van der Waals surface area contributed by atoms with Gasteiger partial charge in [-0.2, -0.15) is 13.2 Å². The summed E-state index contributed by atoms with van der Waals surface area (Å²) in [6.07, 6.45) is -2.31. The van der Waals surface area contributed by atoms with Crippen molar-refractivity contribution in [1.82, 2.24) is 5.32 Å². The molecule has 87 valence electrons. The predicted molar refractivity (Wildman–Crippen MR) is 55.1 cm³/mol. The van der Waals surface area contributed by atoms with Crippen LogP contribution in [-0.2, 0) is 6.18 Å². The average Bonchev–Trinajstić information content (AvgIpc) is 2.29. The molecule has 1 aromatic carbocycles. The van der Waals surface area contributed by atoms with Gasteiger partial charge in [-0.3, -0.25) is 0 Å². The van der Waals surface area contributed by atoms with Crippen molar-refractivity contribution < 1.29 is 13.2 Å². The van der Waals surface area contributed by atoms with Crippen molar-refractivity contribution in [2.45, 2.75) is 24.9 Å². The van der Waals surface area contributed by atoms with Gasteiger partial charge in [0, 0.05) is 0 Å². The number of benzene rings is 1. The van der Waals surface area contributed by atoms with E-state index in [1.165, 1.54) is 6.07 Å². The Morgan fingerprint density at radius 1 is 1.19 bits per heavy atom. The molecule has 16 heavy (non-hydrogen) atoms. The van der Waals surface area contributed by atoms with Gasteiger partial charge in [-0.15, -0.1) is 0 Å². The molecule has 2 rings (SSSR count). The second kappa shape index (κ2) is 4.45. The Labute approximate surface area is 92.7 Å². The van der Waals surface area contributed by atoms with Crippen LogP contribution in [0, 0.1) is 6.07 Å². The first-order chi connectivity index (χ1) is 7.57. The molecule has 1 radical (unpaired) electrons. The Bertz CT molecular complexity index is 336. The highest BCUT2D eigenvalue weighted by Crippen LogP contribution is 2.31. The summed E-state index contributed by atoms with van der Waals surface area (Å²) in [5.74, 6) is 0.375. The fraction of sp³-hybridized carbons (Fsp3) is 0.500. The predicted octanol–water partition coefficient (Wildman–Crippen LogP) is 2.97. The molecule has 1 heterocycles. The van der Waals surface area contributed by atoms with Crippen LogP contribution in [0.25, 0.3) is 0 Å². The molecule has 0 unspecified atom stereocenters. The molecule has 0 saturated carbocycles. The number of rotatable bonds is 1. The van der Waals surface area contributed by atoms with E-state index in [0.29, 0.717) is 5.92 Å². The number of hydrogen-bond donors (Lipinski definition) is 1. The summed E-state index contributed by atoms with van der Waals surface area (Å²) in [5, 5.41) is 3.23. The van der Waals surface area contributed by atoms with Crippen molar-refractivity contribution in [3.05, 3.63) is 35.4 Å². The second-order valence-electron chi connectivity index (χ2n) is 4.06. The first kappa shape index (κ1) is 11.5. The Hall–Kier alpha value is -1.03. The average molecular weight is 228 g/mol. The van der Waals surface area contributed by atoms with Crippen molar-refractivity contribution in [1.29, 1.82) is 0 Å².